The van der Waals surface area contributed by atoms with Crippen molar-refractivity contribution in [3.63, 3.8) is 0 Å². The van der Waals surface area contributed by atoms with Crippen LogP contribution in [0.2, 0.25) is 0 Å². The Kier molecular flexibility index (Phi) is 5.82. The second kappa shape index (κ2) is 6.72. The summed E-state index contributed by atoms with van der Waals surface area (Å²) in [6.45, 7) is 10.9. The largest absolute Gasteiger partial charge is 0.301 e. The van der Waals surface area contributed by atoms with Gasteiger partial charge in [-0.3, -0.25) is 5.32 Å². The van der Waals surface area contributed by atoms with Gasteiger partial charge in [-0.1, -0.05) is 20.3 Å². The summed E-state index contributed by atoms with van der Waals surface area (Å²) in [5.41, 5.74) is -0.00194. The van der Waals surface area contributed by atoms with Crippen LogP contribution in [0.1, 0.15) is 59.8 Å². The minimum atomic E-state index is -0.258. The van der Waals surface area contributed by atoms with Crippen LogP contribution in [0.5, 0.6) is 0 Å². The van der Waals surface area contributed by atoms with Gasteiger partial charge in [-0.15, -0.1) is 0 Å². The standard InChI is InChI=1S/C16H31N3/c1-6-15(3,4)19(5)12-10-14-9-8-11-16(14,13-17)18-7-2/h14,18H,6-12H2,1-5H3. The van der Waals surface area contributed by atoms with E-state index in [0.29, 0.717) is 5.92 Å². The van der Waals surface area contributed by atoms with Crippen LogP contribution < -0.4 is 5.32 Å². The highest BCUT2D eigenvalue weighted by Crippen LogP contribution is 2.38. The summed E-state index contributed by atoms with van der Waals surface area (Å²) in [5, 5.41) is 13.0. The lowest BCUT2D eigenvalue weighted by atomic mass is 9.85. The molecule has 19 heavy (non-hydrogen) atoms. The highest BCUT2D eigenvalue weighted by Gasteiger charge is 2.42. The van der Waals surface area contributed by atoms with Crippen molar-refractivity contribution >= 4 is 0 Å². The van der Waals surface area contributed by atoms with E-state index in [-0.39, 0.29) is 11.1 Å². The topological polar surface area (TPSA) is 39.1 Å². The molecule has 3 nitrogen and oxygen atoms in total. The molecule has 0 spiro atoms. The van der Waals surface area contributed by atoms with Crippen molar-refractivity contribution in [2.24, 2.45) is 5.92 Å². The first-order valence-electron chi connectivity index (χ1n) is 7.79. The lowest BCUT2D eigenvalue weighted by Gasteiger charge is -2.37. The number of hydrogen-bond acceptors (Lipinski definition) is 3. The van der Waals surface area contributed by atoms with Gasteiger partial charge in [0.1, 0.15) is 5.54 Å². The SMILES string of the molecule is CCNC1(C#N)CCCC1CCN(C)C(C)(C)CC. The average Bonchev–Trinajstić information content (AvgIpc) is 2.79. The van der Waals surface area contributed by atoms with Crippen molar-refractivity contribution in [1.82, 2.24) is 10.2 Å². The Morgan fingerprint density at radius 1 is 1.42 bits per heavy atom. The number of nitrogens with zero attached hydrogens (tertiary/aromatic N) is 2. The molecule has 2 atom stereocenters. The molecular formula is C16H31N3. The van der Waals surface area contributed by atoms with Crippen LogP contribution in [0.3, 0.4) is 0 Å². The average molecular weight is 265 g/mol. The molecule has 0 amide bonds. The van der Waals surface area contributed by atoms with Crippen LogP contribution in [-0.2, 0) is 0 Å². The molecule has 1 aliphatic rings. The zero-order valence-corrected chi connectivity index (χ0v) is 13.4. The molecule has 0 bridgehead atoms. The Hall–Kier alpha value is -0.590. The van der Waals surface area contributed by atoms with Gasteiger partial charge in [0.05, 0.1) is 6.07 Å². The molecule has 1 fully saturated rings. The molecule has 1 N–H and O–H groups in total. The fraction of sp³-hybridized carbons (Fsp3) is 0.938. The summed E-state index contributed by atoms with van der Waals surface area (Å²) < 4.78 is 0. The molecule has 3 heteroatoms. The van der Waals surface area contributed by atoms with Crippen LogP contribution in [0, 0.1) is 17.2 Å². The molecule has 1 saturated carbocycles. The first-order chi connectivity index (χ1) is 8.91. The van der Waals surface area contributed by atoms with E-state index in [1.807, 2.05) is 0 Å². The maximum Gasteiger partial charge on any atom is 0.109 e. The molecule has 1 rings (SSSR count). The van der Waals surface area contributed by atoms with E-state index in [1.54, 1.807) is 0 Å². The molecule has 0 heterocycles. The van der Waals surface area contributed by atoms with E-state index in [9.17, 15) is 5.26 Å². The lowest BCUT2D eigenvalue weighted by molar-refractivity contribution is 0.134. The van der Waals surface area contributed by atoms with E-state index in [0.717, 1.165) is 32.4 Å². The van der Waals surface area contributed by atoms with E-state index in [2.05, 4.69) is 51.0 Å². The van der Waals surface area contributed by atoms with E-state index in [1.165, 1.54) is 12.8 Å². The fourth-order valence-electron chi connectivity index (χ4n) is 3.13. The summed E-state index contributed by atoms with van der Waals surface area (Å²) in [6.07, 6.45) is 5.68. The highest BCUT2D eigenvalue weighted by atomic mass is 15.2. The van der Waals surface area contributed by atoms with Gasteiger partial charge in [-0.25, -0.2) is 0 Å². The minimum absolute atomic E-state index is 0.256. The van der Waals surface area contributed by atoms with Crippen LogP contribution in [-0.4, -0.2) is 36.1 Å². The summed E-state index contributed by atoms with van der Waals surface area (Å²) >= 11 is 0. The minimum Gasteiger partial charge on any atom is -0.301 e. The van der Waals surface area contributed by atoms with Crippen molar-refractivity contribution in [3.8, 4) is 6.07 Å². The number of hydrogen-bond donors (Lipinski definition) is 1. The molecule has 0 radical (unpaired) electrons. The van der Waals surface area contributed by atoms with Gasteiger partial charge < -0.3 is 4.90 Å². The van der Waals surface area contributed by atoms with Crippen LogP contribution in [0.15, 0.2) is 0 Å². The van der Waals surface area contributed by atoms with Crippen LogP contribution in [0.4, 0.5) is 0 Å². The second-order valence-electron chi connectivity index (χ2n) is 6.58. The van der Waals surface area contributed by atoms with Crippen LogP contribution >= 0.6 is 0 Å². The predicted octanol–water partition coefficient (Wildman–Crippen LogP) is 3.17. The van der Waals surface area contributed by atoms with Gasteiger partial charge in [0, 0.05) is 5.54 Å². The van der Waals surface area contributed by atoms with Crippen molar-refractivity contribution in [1.29, 1.82) is 5.26 Å². The maximum atomic E-state index is 9.56. The molecule has 0 aromatic carbocycles. The summed E-state index contributed by atoms with van der Waals surface area (Å²) in [7, 11) is 2.21. The molecule has 110 valence electrons. The first kappa shape index (κ1) is 16.5. The number of nitriles is 1. The third-order valence-corrected chi connectivity index (χ3v) is 5.22. The quantitative estimate of drug-likeness (QED) is 0.768. The highest BCUT2D eigenvalue weighted by molar-refractivity contribution is 5.14. The molecule has 1 aliphatic carbocycles. The molecular weight excluding hydrogens is 234 g/mol. The molecule has 0 saturated heterocycles. The Balaban J connectivity index is 2.59. The fourth-order valence-corrected chi connectivity index (χ4v) is 3.13. The van der Waals surface area contributed by atoms with Crippen LogP contribution in [0.25, 0.3) is 0 Å². The third-order valence-electron chi connectivity index (χ3n) is 5.22. The van der Waals surface area contributed by atoms with Gasteiger partial charge >= 0.3 is 0 Å². The molecule has 0 aliphatic heterocycles. The van der Waals surface area contributed by atoms with Gasteiger partial charge in [0.25, 0.3) is 0 Å². The van der Waals surface area contributed by atoms with Crippen molar-refractivity contribution in [2.45, 2.75) is 70.9 Å². The van der Waals surface area contributed by atoms with Gasteiger partial charge in [0.15, 0.2) is 0 Å². The maximum absolute atomic E-state index is 9.56. The Morgan fingerprint density at radius 2 is 2.11 bits per heavy atom. The number of nitrogens with one attached hydrogen (secondary N) is 1. The number of rotatable bonds is 7. The van der Waals surface area contributed by atoms with Gasteiger partial charge in [-0.2, -0.15) is 5.26 Å². The normalized spacial score (nSPS) is 27.7. The van der Waals surface area contributed by atoms with Crippen molar-refractivity contribution < 1.29 is 0 Å². The molecule has 0 aromatic heterocycles. The second-order valence-corrected chi connectivity index (χ2v) is 6.58. The summed E-state index contributed by atoms with van der Waals surface area (Å²) in [5.74, 6) is 0.507. The Bertz CT molecular complexity index is 318. The zero-order chi connectivity index (χ0) is 14.5. The van der Waals surface area contributed by atoms with E-state index < -0.39 is 0 Å². The Morgan fingerprint density at radius 3 is 2.63 bits per heavy atom. The summed E-state index contributed by atoms with van der Waals surface area (Å²) in [4.78, 5) is 2.44. The Labute approximate surface area is 119 Å². The third kappa shape index (κ3) is 3.70. The van der Waals surface area contributed by atoms with E-state index >= 15 is 0 Å². The van der Waals surface area contributed by atoms with Crippen molar-refractivity contribution in [2.75, 3.05) is 20.1 Å². The predicted molar refractivity (Wildman–Crippen MR) is 81.0 cm³/mol. The monoisotopic (exact) mass is 265 g/mol. The molecule has 2 unspecified atom stereocenters. The van der Waals surface area contributed by atoms with Crippen molar-refractivity contribution in [3.05, 3.63) is 0 Å². The van der Waals surface area contributed by atoms with Gasteiger partial charge in [-0.05, 0) is 65.6 Å². The summed E-state index contributed by atoms with van der Waals surface area (Å²) in [6, 6.07) is 2.58. The van der Waals surface area contributed by atoms with Gasteiger partial charge in [0.2, 0.25) is 0 Å². The van der Waals surface area contributed by atoms with E-state index in [4.69, 9.17) is 0 Å². The first-order valence-corrected chi connectivity index (χ1v) is 7.79. The smallest absolute Gasteiger partial charge is 0.109 e. The lowest BCUT2D eigenvalue weighted by Crippen LogP contribution is -2.48. The zero-order valence-electron chi connectivity index (χ0n) is 13.4. The molecule has 0 aromatic rings.